The Labute approximate surface area is 100 Å². The molecule has 0 saturated heterocycles. The summed E-state index contributed by atoms with van der Waals surface area (Å²) in [4.78, 5) is 7.94. The maximum atomic E-state index is 4.42. The molecule has 1 aromatic rings. The van der Waals surface area contributed by atoms with Gasteiger partial charge in [0.15, 0.2) is 5.13 Å². The topological polar surface area (TPSA) is 28.2 Å². The molecule has 0 amide bonds. The van der Waals surface area contributed by atoms with E-state index in [0.29, 0.717) is 0 Å². The van der Waals surface area contributed by atoms with Crippen LogP contribution in [0.1, 0.15) is 11.8 Å². The van der Waals surface area contributed by atoms with Gasteiger partial charge in [0.2, 0.25) is 0 Å². The lowest BCUT2D eigenvalue weighted by atomic mass is 10.5. The lowest BCUT2D eigenvalue weighted by Gasteiger charge is -2.14. The first-order chi connectivity index (χ1) is 7.27. The molecule has 0 aliphatic heterocycles. The maximum Gasteiger partial charge on any atom is 0.185 e. The average Bonchev–Trinajstić information content (AvgIpc) is 2.71. The first-order valence-electron chi connectivity index (χ1n) is 5.13. The summed E-state index contributed by atoms with van der Waals surface area (Å²) in [5.74, 6) is 1.15. The zero-order valence-electron chi connectivity index (χ0n) is 9.62. The van der Waals surface area contributed by atoms with Crippen LogP contribution in [0.4, 0.5) is 5.13 Å². The van der Waals surface area contributed by atoms with Crippen LogP contribution in [-0.2, 0) is 6.54 Å². The number of nitrogens with one attached hydrogen (secondary N) is 1. The average molecular weight is 245 g/mol. The number of aromatic nitrogens is 1. The molecule has 0 bridgehead atoms. The summed E-state index contributed by atoms with van der Waals surface area (Å²) in [6.45, 7) is 5.13. The van der Waals surface area contributed by atoms with Gasteiger partial charge in [-0.25, -0.2) is 4.98 Å². The second-order valence-electron chi connectivity index (χ2n) is 3.30. The van der Waals surface area contributed by atoms with Crippen LogP contribution in [0.15, 0.2) is 6.20 Å². The van der Waals surface area contributed by atoms with Gasteiger partial charge >= 0.3 is 0 Å². The quantitative estimate of drug-likeness (QED) is 0.796. The Hall–Kier alpha value is -0.260. The van der Waals surface area contributed by atoms with E-state index < -0.39 is 0 Å². The van der Waals surface area contributed by atoms with E-state index in [0.717, 1.165) is 30.5 Å². The monoisotopic (exact) mass is 245 g/mol. The van der Waals surface area contributed by atoms with E-state index in [9.17, 15) is 0 Å². The first-order valence-corrected chi connectivity index (χ1v) is 7.34. The van der Waals surface area contributed by atoms with Gasteiger partial charge in [-0.1, -0.05) is 6.92 Å². The predicted molar refractivity (Wildman–Crippen MR) is 71.1 cm³/mol. The van der Waals surface area contributed by atoms with E-state index in [4.69, 9.17) is 0 Å². The molecule has 1 N–H and O–H groups in total. The predicted octanol–water partition coefficient (Wildman–Crippen LogP) is 2.05. The minimum Gasteiger partial charge on any atom is -0.350 e. The van der Waals surface area contributed by atoms with Crippen LogP contribution in [0, 0.1) is 0 Å². The van der Waals surface area contributed by atoms with Gasteiger partial charge in [-0.05, 0) is 12.8 Å². The smallest absolute Gasteiger partial charge is 0.185 e. The number of hydrogen-bond acceptors (Lipinski definition) is 5. The number of hydrogen-bond donors (Lipinski definition) is 1. The highest BCUT2D eigenvalue weighted by atomic mass is 32.2. The Kier molecular flexibility index (Phi) is 6.05. The zero-order chi connectivity index (χ0) is 11.1. The summed E-state index contributed by atoms with van der Waals surface area (Å²) < 4.78 is 0. The highest BCUT2D eigenvalue weighted by Crippen LogP contribution is 2.21. The van der Waals surface area contributed by atoms with Crippen LogP contribution in [0.25, 0.3) is 0 Å². The van der Waals surface area contributed by atoms with Crippen LogP contribution in [0.3, 0.4) is 0 Å². The molecule has 15 heavy (non-hydrogen) atoms. The largest absolute Gasteiger partial charge is 0.350 e. The molecule has 3 nitrogen and oxygen atoms in total. The fourth-order valence-electron chi connectivity index (χ4n) is 1.13. The van der Waals surface area contributed by atoms with Gasteiger partial charge in [-0.2, -0.15) is 11.8 Å². The van der Waals surface area contributed by atoms with Gasteiger partial charge in [0.25, 0.3) is 0 Å². The van der Waals surface area contributed by atoms with Crippen molar-refractivity contribution >= 4 is 28.2 Å². The third kappa shape index (κ3) is 4.40. The molecule has 0 atom stereocenters. The van der Waals surface area contributed by atoms with Gasteiger partial charge in [0.05, 0.1) is 0 Å². The lowest BCUT2D eigenvalue weighted by molar-refractivity contribution is 0.734. The molecule has 1 heterocycles. The minimum atomic E-state index is 0.935. The molecule has 0 fully saturated rings. The van der Waals surface area contributed by atoms with Crippen molar-refractivity contribution in [1.82, 2.24) is 10.3 Å². The van der Waals surface area contributed by atoms with Crippen molar-refractivity contribution in [1.29, 1.82) is 0 Å². The van der Waals surface area contributed by atoms with Crippen molar-refractivity contribution in [2.24, 2.45) is 0 Å². The maximum absolute atomic E-state index is 4.42. The van der Waals surface area contributed by atoms with Crippen molar-refractivity contribution < 1.29 is 0 Å². The van der Waals surface area contributed by atoms with E-state index in [1.54, 1.807) is 11.3 Å². The minimum absolute atomic E-state index is 0.935. The second-order valence-corrected chi connectivity index (χ2v) is 5.38. The fraction of sp³-hybridized carbons (Fsp3) is 0.700. The summed E-state index contributed by atoms with van der Waals surface area (Å²) in [6, 6.07) is 0. The van der Waals surface area contributed by atoms with E-state index >= 15 is 0 Å². The Bertz CT molecular complexity index is 275. The number of rotatable bonds is 7. The van der Waals surface area contributed by atoms with E-state index in [1.165, 1.54) is 4.88 Å². The molecule has 0 aliphatic rings. The first kappa shape index (κ1) is 12.8. The molecule has 0 aliphatic carbocycles. The number of nitrogens with zero attached hydrogens (tertiary/aromatic N) is 2. The second kappa shape index (κ2) is 7.09. The number of thioether (sulfide) groups is 1. The summed E-state index contributed by atoms with van der Waals surface area (Å²) in [5, 5.41) is 4.43. The highest BCUT2D eigenvalue weighted by Gasteiger charge is 2.05. The molecule has 0 saturated carbocycles. The summed E-state index contributed by atoms with van der Waals surface area (Å²) in [7, 11) is 2.10. The summed E-state index contributed by atoms with van der Waals surface area (Å²) in [6.07, 6.45) is 4.10. The van der Waals surface area contributed by atoms with Crippen molar-refractivity contribution in [2.75, 3.05) is 37.0 Å². The van der Waals surface area contributed by atoms with Gasteiger partial charge in [0.1, 0.15) is 0 Å². The van der Waals surface area contributed by atoms with Crippen LogP contribution >= 0.6 is 23.1 Å². The summed E-state index contributed by atoms with van der Waals surface area (Å²) in [5.41, 5.74) is 0. The lowest BCUT2D eigenvalue weighted by Crippen LogP contribution is -2.19. The third-order valence-corrected chi connectivity index (χ3v) is 3.75. The molecule has 0 radical (unpaired) electrons. The van der Waals surface area contributed by atoms with Crippen molar-refractivity contribution in [3.63, 3.8) is 0 Å². The molecule has 0 spiro atoms. The molecule has 5 heteroatoms. The van der Waals surface area contributed by atoms with Gasteiger partial charge in [-0.3, -0.25) is 0 Å². The number of anilines is 1. The molecule has 1 rings (SSSR count). The van der Waals surface area contributed by atoms with Crippen LogP contribution in [0.5, 0.6) is 0 Å². The molecular formula is C10H19N3S2. The Balaban J connectivity index is 2.43. The zero-order valence-corrected chi connectivity index (χ0v) is 11.2. The van der Waals surface area contributed by atoms with Gasteiger partial charge < -0.3 is 10.2 Å². The van der Waals surface area contributed by atoms with Crippen molar-refractivity contribution in [2.45, 2.75) is 13.5 Å². The third-order valence-electron chi connectivity index (χ3n) is 2.05. The standard InChI is InChI=1S/C10H19N3S2/c1-4-11-7-9-8-12-10(15-9)13(2)5-6-14-3/h8,11H,4-7H2,1-3H3. The Morgan fingerprint density at radius 1 is 1.60 bits per heavy atom. The molecule has 1 aromatic heterocycles. The van der Waals surface area contributed by atoms with Crippen LogP contribution < -0.4 is 10.2 Å². The van der Waals surface area contributed by atoms with Crippen LogP contribution in [0.2, 0.25) is 0 Å². The van der Waals surface area contributed by atoms with Crippen LogP contribution in [-0.4, -0.2) is 37.1 Å². The van der Waals surface area contributed by atoms with E-state index in [2.05, 4.69) is 35.4 Å². The summed E-state index contributed by atoms with van der Waals surface area (Å²) >= 11 is 3.64. The van der Waals surface area contributed by atoms with E-state index in [1.807, 2.05) is 18.0 Å². The normalized spacial score (nSPS) is 10.6. The highest BCUT2D eigenvalue weighted by molar-refractivity contribution is 7.98. The van der Waals surface area contributed by atoms with Gasteiger partial charge in [-0.15, -0.1) is 11.3 Å². The van der Waals surface area contributed by atoms with E-state index in [-0.39, 0.29) is 0 Å². The molecule has 0 unspecified atom stereocenters. The molecular weight excluding hydrogens is 226 g/mol. The number of thiazole rings is 1. The van der Waals surface area contributed by atoms with Gasteiger partial charge in [0, 0.05) is 37.0 Å². The fourth-order valence-corrected chi connectivity index (χ4v) is 2.45. The van der Waals surface area contributed by atoms with Crippen molar-refractivity contribution in [3.8, 4) is 0 Å². The molecule has 0 aromatic carbocycles. The SMILES string of the molecule is CCNCc1cnc(N(C)CCSC)s1. The Morgan fingerprint density at radius 2 is 2.40 bits per heavy atom. The Morgan fingerprint density at radius 3 is 3.07 bits per heavy atom. The van der Waals surface area contributed by atoms with Crippen molar-refractivity contribution in [3.05, 3.63) is 11.1 Å². The molecule has 86 valence electrons.